The van der Waals surface area contributed by atoms with Crippen molar-refractivity contribution in [1.82, 2.24) is 4.98 Å². The second-order valence-corrected chi connectivity index (χ2v) is 3.75. The molecule has 0 aliphatic rings. The van der Waals surface area contributed by atoms with E-state index in [1.807, 2.05) is 0 Å². The van der Waals surface area contributed by atoms with Gasteiger partial charge < -0.3 is 15.2 Å². The van der Waals surface area contributed by atoms with E-state index in [0.29, 0.717) is 0 Å². The fourth-order valence-electron chi connectivity index (χ4n) is 1.43. The molecule has 1 aromatic rings. The van der Waals surface area contributed by atoms with Crippen LogP contribution in [0.4, 0.5) is 11.5 Å². The van der Waals surface area contributed by atoms with Crippen molar-refractivity contribution in [2.45, 2.75) is 12.5 Å². The molecule has 0 bridgehead atoms. The summed E-state index contributed by atoms with van der Waals surface area (Å²) in [7, 11) is 1.44. The van der Waals surface area contributed by atoms with Gasteiger partial charge in [-0.1, -0.05) is 0 Å². The molecule has 0 amide bonds. The van der Waals surface area contributed by atoms with Crippen molar-refractivity contribution in [3.05, 3.63) is 27.9 Å². The molecule has 0 radical (unpaired) electrons. The summed E-state index contributed by atoms with van der Waals surface area (Å²) in [5.41, 5.74) is -0.808. The number of ether oxygens (including phenoxy) is 1. The number of carbonyl (C=O) groups is 1. The second kappa shape index (κ2) is 7.01. The number of hydrogen-bond acceptors (Lipinski definition) is 7. The average molecular weight is 280 g/mol. The maximum atomic E-state index is 11.0. The molecule has 1 heterocycles. The summed E-state index contributed by atoms with van der Waals surface area (Å²) in [6.45, 7) is 0.224. The highest BCUT2D eigenvalue weighted by Gasteiger charge is 2.20. The monoisotopic (exact) mass is 280 g/mol. The molecule has 0 fully saturated rings. The molecule has 0 saturated carbocycles. The largest absolute Gasteiger partial charge is 0.480 e. The number of anilines is 1. The molecule has 0 saturated heterocycles. The summed E-state index contributed by atoms with van der Waals surface area (Å²) in [4.78, 5) is 24.7. The zero-order valence-electron chi connectivity index (χ0n) is 10.6. The maximum Gasteiger partial charge on any atom is 0.326 e. The van der Waals surface area contributed by atoms with Crippen LogP contribution in [0.1, 0.15) is 12.1 Å². The van der Waals surface area contributed by atoms with Gasteiger partial charge in [-0.2, -0.15) is 5.26 Å². The highest BCUT2D eigenvalue weighted by molar-refractivity contribution is 5.77. The first-order valence-corrected chi connectivity index (χ1v) is 5.53. The molecule has 9 heteroatoms. The third kappa shape index (κ3) is 3.89. The number of nitrogens with one attached hydrogen (secondary N) is 1. The Hall–Kier alpha value is -2.73. The van der Waals surface area contributed by atoms with E-state index < -0.39 is 22.6 Å². The van der Waals surface area contributed by atoms with Crippen LogP contribution in [-0.2, 0) is 9.53 Å². The number of carboxylic acid groups (broad SMARTS) is 1. The van der Waals surface area contributed by atoms with E-state index in [-0.39, 0.29) is 24.5 Å². The molecule has 9 nitrogen and oxygen atoms in total. The van der Waals surface area contributed by atoms with Gasteiger partial charge in [0.15, 0.2) is 0 Å². The minimum absolute atomic E-state index is 0.0793. The standard InChI is InChI=1S/C11H12N4O5/c1-20-5-4-7(11(16)17)13-10-3-2-9(15(18)19)8(6-12)14-10/h2-3,7H,4-5H2,1H3,(H,13,14)(H,16,17). The summed E-state index contributed by atoms with van der Waals surface area (Å²) < 4.78 is 4.79. The van der Waals surface area contributed by atoms with E-state index in [0.717, 1.165) is 6.07 Å². The van der Waals surface area contributed by atoms with Crippen LogP contribution in [0.15, 0.2) is 12.1 Å². The summed E-state index contributed by atoms with van der Waals surface area (Å²) in [5, 5.41) is 31.0. The number of aromatic nitrogens is 1. The number of nitriles is 1. The Labute approximate surface area is 114 Å². The predicted octanol–water partition coefficient (Wildman–Crippen LogP) is 0.763. The Morgan fingerprint density at radius 1 is 1.70 bits per heavy atom. The summed E-state index contributed by atoms with van der Waals surface area (Å²) in [6.07, 6.45) is 0.187. The first kappa shape index (κ1) is 15.3. The van der Waals surface area contributed by atoms with E-state index >= 15 is 0 Å². The number of rotatable bonds is 7. The van der Waals surface area contributed by atoms with Crippen molar-refractivity contribution in [3.63, 3.8) is 0 Å². The van der Waals surface area contributed by atoms with Gasteiger partial charge in [0, 0.05) is 26.2 Å². The Balaban J connectivity index is 2.94. The van der Waals surface area contributed by atoms with E-state index in [1.54, 1.807) is 6.07 Å². The molecular weight excluding hydrogens is 268 g/mol. The Kier molecular flexibility index (Phi) is 5.37. The topological polar surface area (TPSA) is 138 Å². The van der Waals surface area contributed by atoms with E-state index in [9.17, 15) is 14.9 Å². The number of carboxylic acids is 1. The van der Waals surface area contributed by atoms with Crippen molar-refractivity contribution < 1.29 is 19.6 Å². The van der Waals surface area contributed by atoms with Gasteiger partial charge in [-0.15, -0.1) is 0 Å². The molecule has 0 aliphatic heterocycles. The number of hydrogen-bond donors (Lipinski definition) is 2. The highest BCUT2D eigenvalue weighted by Crippen LogP contribution is 2.18. The summed E-state index contributed by atoms with van der Waals surface area (Å²) in [6, 6.07) is 2.99. The van der Waals surface area contributed by atoms with Gasteiger partial charge in [-0.05, 0) is 6.07 Å². The fourth-order valence-corrected chi connectivity index (χ4v) is 1.43. The zero-order chi connectivity index (χ0) is 15.1. The van der Waals surface area contributed by atoms with Crippen LogP contribution in [0.25, 0.3) is 0 Å². The van der Waals surface area contributed by atoms with Gasteiger partial charge in [0.2, 0.25) is 5.69 Å². The zero-order valence-corrected chi connectivity index (χ0v) is 10.6. The van der Waals surface area contributed by atoms with E-state index in [4.69, 9.17) is 15.1 Å². The number of aliphatic carboxylic acids is 1. The van der Waals surface area contributed by atoms with Gasteiger partial charge in [0.1, 0.15) is 17.9 Å². The molecular formula is C11H12N4O5. The van der Waals surface area contributed by atoms with E-state index in [2.05, 4.69) is 10.3 Å². The molecule has 1 unspecified atom stereocenters. The molecule has 0 spiro atoms. The lowest BCUT2D eigenvalue weighted by Gasteiger charge is -2.14. The van der Waals surface area contributed by atoms with Crippen molar-refractivity contribution >= 4 is 17.5 Å². The van der Waals surface area contributed by atoms with Crippen LogP contribution in [0.2, 0.25) is 0 Å². The van der Waals surface area contributed by atoms with Gasteiger partial charge in [0.05, 0.1) is 4.92 Å². The third-order valence-electron chi connectivity index (χ3n) is 2.41. The summed E-state index contributed by atoms with van der Waals surface area (Å²) in [5.74, 6) is -1.03. The molecule has 0 aromatic carbocycles. The lowest BCUT2D eigenvalue weighted by atomic mass is 10.2. The average Bonchev–Trinajstić information content (AvgIpc) is 2.42. The lowest BCUT2D eigenvalue weighted by Crippen LogP contribution is -2.31. The third-order valence-corrected chi connectivity index (χ3v) is 2.41. The van der Waals surface area contributed by atoms with Crippen LogP contribution >= 0.6 is 0 Å². The van der Waals surface area contributed by atoms with Crippen LogP contribution in [0, 0.1) is 21.4 Å². The van der Waals surface area contributed by atoms with Crippen LogP contribution in [-0.4, -0.2) is 40.7 Å². The quantitative estimate of drug-likeness (QED) is 0.551. The lowest BCUT2D eigenvalue weighted by molar-refractivity contribution is -0.385. The van der Waals surface area contributed by atoms with Crippen LogP contribution in [0.3, 0.4) is 0 Å². The molecule has 1 atom stereocenters. The molecule has 1 aromatic heterocycles. The smallest absolute Gasteiger partial charge is 0.326 e. The highest BCUT2D eigenvalue weighted by atomic mass is 16.6. The van der Waals surface area contributed by atoms with Gasteiger partial charge in [0.25, 0.3) is 0 Å². The van der Waals surface area contributed by atoms with Crippen LogP contribution < -0.4 is 5.32 Å². The number of methoxy groups -OCH3 is 1. The first-order chi connectivity index (χ1) is 9.49. The van der Waals surface area contributed by atoms with Crippen molar-refractivity contribution in [3.8, 4) is 6.07 Å². The number of nitro groups is 1. The molecule has 2 N–H and O–H groups in total. The number of nitrogens with zero attached hydrogens (tertiary/aromatic N) is 3. The maximum absolute atomic E-state index is 11.0. The minimum atomic E-state index is -1.11. The Bertz CT molecular complexity index is 554. The van der Waals surface area contributed by atoms with Gasteiger partial charge in [-0.3, -0.25) is 10.1 Å². The normalized spacial score (nSPS) is 11.4. The minimum Gasteiger partial charge on any atom is -0.480 e. The first-order valence-electron chi connectivity index (χ1n) is 5.53. The van der Waals surface area contributed by atoms with Gasteiger partial charge >= 0.3 is 11.7 Å². The SMILES string of the molecule is COCCC(Nc1ccc([N+](=O)[O-])c(C#N)n1)C(=O)O. The molecule has 1 rings (SSSR count). The molecule has 0 aliphatic carbocycles. The summed E-state index contributed by atoms with van der Waals surface area (Å²) >= 11 is 0. The van der Waals surface area contributed by atoms with E-state index in [1.165, 1.54) is 13.2 Å². The predicted molar refractivity (Wildman–Crippen MR) is 67.1 cm³/mol. The van der Waals surface area contributed by atoms with Crippen LogP contribution in [0.5, 0.6) is 0 Å². The molecule has 106 valence electrons. The van der Waals surface area contributed by atoms with Crippen molar-refractivity contribution in [2.75, 3.05) is 19.0 Å². The molecule has 20 heavy (non-hydrogen) atoms. The van der Waals surface area contributed by atoms with Gasteiger partial charge in [-0.25, -0.2) is 9.78 Å². The van der Waals surface area contributed by atoms with Crippen molar-refractivity contribution in [1.29, 1.82) is 5.26 Å². The Morgan fingerprint density at radius 2 is 2.40 bits per heavy atom. The second-order valence-electron chi connectivity index (χ2n) is 3.75. The number of pyridine rings is 1. The Morgan fingerprint density at radius 3 is 2.90 bits per heavy atom. The van der Waals surface area contributed by atoms with Crippen molar-refractivity contribution in [2.24, 2.45) is 0 Å². The fraction of sp³-hybridized carbons (Fsp3) is 0.364.